The average molecular weight is 491 g/mol. The molecule has 2 aromatic carbocycles. The number of hydrogen-bond acceptors (Lipinski definition) is 5. The molecule has 1 fully saturated rings. The molecule has 1 aromatic heterocycles. The maximum absolute atomic E-state index is 13.0. The van der Waals surface area contributed by atoms with E-state index < -0.39 is 6.04 Å². The molecule has 36 heavy (non-hydrogen) atoms. The van der Waals surface area contributed by atoms with E-state index in [4.69, 9.17) is 9.47 Å². The number of carbonyl (C=O) groups excluding carboxylic acids is 3. The van der Waals surface area contributed by atoms with E-state index in [0.29, 0.717) is 37.4 Å². The molecule has 9 heteroatoms. The Morgan fingerprint density at radius 3 is 2.64 bits per heavy atom. The van der Waals surface area contributed by atoms with Gasteiger partial charge in [0, 0.05) is 49.6 Å². The number of aromatic nitrogens is 1. The van der Waals surface area contributed by atoms with Crippen LogP contribution in [0.1, 0.15) is 29.5 Å². The maximum atomic E-state index is 13.0. The largest absolute Gasteiger partial charge is 0.493 e. The standard InChI is InChI=1S/C27H30N4O5/c1-35-23-13-18-12-22-26(33)30(27(34)31(22)16-19(18)14-24(23)36-2)11-5-8-25(32)28-10-9-17-15-29-21-7-4-3-6-20(17)21/h3-4,6-7,13-15,22,29H,5,8-12,16H2,1-2H3,(H,28,32)/t22-/m0/s1. The minimum atomic E-state index is -0.520. The monoisotopic (exact) mass is 490 g/mol. The summed E-state index contributed by atoms with van der Waals surface area (Å²) in [5.41, 5.74) is 4.16. The minimum Gasteiger partial charge on any atom is -0.493 e. The van der Waals surface area contributed by atoms with Crippen LogP contribution < -0.4 is 14.8 Å². The summed E-state index contributed by atoms with van der Waals surface area (Å²) in [6.45, 7) is 1.10. The molecule has 0 bridgehead atoms. The number of ether oxygens (including phenoxy) is 2. The summed E-state index contributed by atoms with van der Waals surface area (Å²) in [4.78, 5) is 44.5. The van der Waals surface area contributed by atoms with E-state index in [0.717, 1.165) is 34.0 Å². The van der Waals surface area contributed by atoms with Crippen LogP contribution in [-0.2, 0) is 29.0 Å². The first-order valence-electron chi connectivity index (χ1n) is 12.2. The average Bonchev–Trinajstić information content (AvgIpc) is 3.41. The van der Waals surface area contributed by atoms with Gasteiger partial charge in [-0.25, -0.2) is 4.79 Å². The lowest BCUT2D eigenvalue weighted by Gasteiger charge is -2.29. The highest BCUT2D eigenvalue weighted by atomic mass is 16.5. The lowest BCUT2D eigenvalue weighted by molar-refractivity contribution is -0.129. The minimum absolute atomic E-state index is 0.0850. The van der Waals surface area contributed by atoms with Crippen molar-refractivity contribution in [3.8, 4) is 11.5 Å². The number of amides is 4. The molecule has 0 unspecified atom stereocenters. The van der Waals surface area contributed by atoms with Crippen LogP contribution in [0.4, 0.5) is 4.79 Å². The first-order valence-corrected chi connectivity index (χ1v) is 12.2. The first-order chi connectivity index (χ1) is 17.5. The van der Waals surface area contributed by atoms with E-state index in [1.807, 2.05) is 36.5 Å². The first kappa shape index (κ1) is 23.7. The molecule has 0 radical (unpaired) electrons. The number of urea groups is 1. The van der Waals surface area contributed by atoms with Crippen molar-refractivity contribution in [2.45, 2.75) is 38.3 Å². The number of imide groups is 1. The Morgan fingerprint density at radius 1 is 1.11 bits per heavy atom. The lowest BCUT2D eigenvalue weighted by Crippen LogP contribution is -2.40. The van der Waals surface area contributed by atoms with Crippen LogP contribution in [0.2, 0.25) is 0 Å². The third-order valence-corrected chi connectivity index (χ3v) is 7.04. The molecule has 3 aromatic rings. The Labute approximate surface area is 209 Å². The number of fused-ring (bicyclic) bond motifs is 3. The van der Waals surface area contributed by atoms with Crippen molar-refractivity contribution in [3.05, 3.63) is 59.3 Å². The van der Waals surface area contributed by atoms with Gasteiger partial charge in [-0.1, -0.05) is 18.2 Å². The van der Waals surface area contributed by atoms with Gasteiger partial charge in [0.05, 0.1) is 14.2 Å². The Kier molecular flexibility index (Phi) is 6.54. The summed E-state index contributed by atoms with van der Waals surface area (Å²) in [6.07, 6.45) is 3.81. The zero-order valence-electron chi connectivity index (χ0n) is 20.5. The molecule has 3 heterocycles. The Hall–Kier alpha value is -4.01. The van der Waals surface area contributed by atoms with E-state index in [9.17, 15) is 14.4 Å². The highest BCUT2D eigenvalue weighted by molar-refractivity contribution is 6.04. The van der Waals surface area contributed by atoms with Gasteiger partial charge in [0.2, 0.25) is 5.91 Å². The fraction of sp³-hybridized carbons (Fsp3) is 0.370. The zero-order valence-corrected chi connectivity index (χ0v) is 20.5. The number of carbonyl (C=O) groups is 3. The fourth-order valence-electron chi connectivity index (χ4n) is 5.13. The molecule has 1 atom stereocenters. The summed E-state index contributed by atoms with van der Waals surface area (Å²) >= 11 is 0. The summed E-state index contributed by atoms with van der Waals surface area (Å²) in [5.74, 6) is 0.910. The SMILES string of the molecule is COc1cc2c(cc1OC)CN1C(=O)N(CCCC(=O)NCCc3c[nH]c4ccccc34)C(=O)[C@@H]1C2. The van der Waals surface area contributed by atoms with Gasteiger partial charge in [-0.3, -0.25) is 14.5 Å². The molecular formula is C27H30N4O5. The highest BCUT2D eigenvalue weighted by Gasteiger charge is 2.47. The van der Waals surface area contributed by atoms with Crippen molar-refractivity contribution in [2.75, 3.05) is 27.3 Å². The van der Waals surface area contributed by atoms with Crippen molar-refractivity contribution < 1.29 is 23.9 Å². The molecule has 0 saturated carbocycles. The maximum Gasteiger partial charge on any atom is 0.327 e. The van der Waals surface area contributed by atoms with Crippen molar-refractivity contribution in [1.82, 2.24) is 20.1 Å². The van der Waals surface area contributed by atoms with E-state index in [1.165, 1.54) is 4.90 Å². The second kappa shape index (κ2) is 9.93. The Morgan fingerprint density at radius 2 is 1.86 bits per heavy atom. The van der Waals surface area contributed by atoms with Crippen molar-refractivity contribution in [2.24, 2.45) is 0 Å². The third-order valence-electron chi connectivity index (χ3n) is 7.04. The number of methoxy groups -OCH3 is 2. The molecule has 1 saturated heterocycles. The van der Waals surface area contributed by atoms with Gasteiger partial charge in [-0.2, -0.15) is 0 Å². The summed E-state index contributed by atoms with van der Waals surface area (Å²) in [5, 5.41) is 4.10. The van der Waals surface area contributed by atoms with E-state index in [2.05, 4.69) is 16.4 Å². The summed E-state index contributed by atoms with van der Waals surface area (Å²) < 4.78 is 10.8. The third kappa shape index (κ3) is 4.36. The second-order valence-corrected chi connectivity index (χ2v) is 9.16. The molecular weight excluding hydrogens is 460 g/mol. The molecule has 4 amide bonds. The van der Waals surface area contributed by atoms with Gasteiger partial charge in [-0.05, 0) is 47.7 Å². The van der Waals surface area contributed by atoms with Crippen LogP contribution in [0.25, 0.3) is 10.9 Å². The Bertz CT molecular complexity index is 1270. The number of rotatable bonds is 9. The molecule has 188 valence electrons. The smallest absolute Gasteiger partial charge is 0.327 e. The lowest BCUT2D eigenvalue weighted by atomic mass is 9.94. The number of aromatic amines is 1. The molecule has 2 aliphatic rings. The number of benzene rings is 2. The number of hydrogen-bond donors (Lipinski definition) is 2. The van der Waals surface area contributed by atoms with Crippen LogP contribution in [0.15, 0.2) is 42.6 Å². The van der Waals surface area contributed by atoms with E-state index in [1.54, 1.807) is 19.1 Å². The predicted molar refractivity (Wildman–Crippen MR) is 134 cm³/mol. The second-order valence-electron chi connectivity index (χ2n) is 9.16. The Balaban J connectivity index is 1.12. The van der Waals surface area contributed by atoms with Crippen molar-refractivity contribution >= 4 is 28.7 Å². The van der Waals surface area contributed by atoms with Gasteiger partial charge in [-0.15, -0.1) is 0 Å². The summed E-state index contributed by atoms with van der Waals surface area (Å²) in [7, 11) is 3.14. The van der Waals surface area contributed by atoms with Gasteiger partial charge < -0.3 is 24.7 Å². The van der Waals surface area contributed by atoms with Gasteiger partial charge in [0.25, 0.3) is 5.91 Å². The highest BCUT2D eigenvalue weighted by Crippen LogP contribution is 2.37. The van der Waals surface area contributed by atoms with E-state index >= 15 is 0 Å². The van der Waals surface area contributed by atoms with Gasteiger partial charge in [0.15, 0.2) is 11.5 Å². The number of nitrogens with zero attached hydrogens (tertiary/aromatic N) is 2. The van der Waals surface area contributed by atoms with Gasteiger partial charge in [0.1, 0.15) is 6.04 Å². The van der Waals surface area contributed by atoms with Crippen LogP contribution >= 0.6 is 0 Å². The topological polar surface area (TPSA) is 104 Å². The van der Waals surface area contributed by atoms with Crippen LogP contribution in [0.3, 0.4) is 0 Å². The molecule has 9 nitrogen and oxygen atoms in total. The quantitative estimate of drug-likeness (QED) is 0.449. The molecule has 2 aliphatic heterocycles. The number of nitrogens with one attached hydrogen (secondary N) is 2. The number of H-pyrrole nitrogens is 1. The van der Waals surface area contributed by atoms with Crippen molar-refractivity contribution in [1.29, 1.82) is 0 Å². The summed E-state index contributed by atoms with van der Waals surface area (Å²) in [6, 6.07) is 11.0. The fourth-order valence-corrected chi connectivity index (χ4v) is 5.13. The number of para-hydroxylation sites is 1. The molecule has 0 aliphatic carbocycles. The predicted octanol–water partition coefficient (Wildman–Crippen LogP) is 3.01. The van der Waals surface area contributed by atoms with Gasteiger partial charge >= 0.3 is 6.03 Å². The van der Waals surface area contributed by atoms with Crippen LogP contribution in [0.5, 0.6) is 11.5 Å². The van der Waals surface area contributed by atoms with Crippen LogP contribution in [-0.4, -0.2) is 66.0 Å². The molecule has 5 rings (SSSR count). The zero-order chi connectivity index (χ0) is 25.2. The van der Waals surface area contributed by atoms with E-state index in [-0.39, 0.29) is 30.8 Å². The van der Waals surface area contributed by atoms with Crippen molar-refractivity contribution in [3.63, 3.8) is 0 Å². The van der Waals surface area contributed by atoms with Crippen LogP contribution in [0, 0.1) is 0 Å². The normalized spacial score (nSPS) is 16.8. The molecule has 2 N–H and O–H groups in total. The molecule has 0 spiro atoms.